The van der Waals surface area contributed by atoms with E-state index in [4.69, 9.17) is 0 Å². The highest BCUT2D eigenvalue weighted by Gasteiger charge is 2.36. The summed E-state index contributed by atoms with van der Waals surface area (Å²) in [6.07, 6.45) is 0.638. The summed E-state index contributed by atoms with van der Waals surface area (Å²) in [6.45, 7) is 3.83. The van der Waals surface area contributed by atoms with Crippen LogP contribution in [0.25, 0.3) is 0 Å². The fourth-order valence-corrected chi connectivity index (χ4v) is 4.04. The van der Waals surface area contributed by atoms with Crippen molar-refractivity contribution in [1.82, 2.24) is 10.2 Å². The highest BCUT2D eigenvalue weighted by molar-refractivity contribution is 5.80. The summed E-state index contributed by atoms with van der Waals surface area (Å²) in [7, 11) is 0. The Hall–Kier alpha value is -2.76. The van der Waals surface area contributed by atoms with Crippen molar-refractivity contribution in [3.63, 3.8) is 0 Å². The largest absolute Gasteiger partial charge is 0.349 e. The molecule has 1 fully saturated rings. The van der Waals surface area contributed by atoms with Crippen molar-refractivity contribution in [2.75, 3.05) is 6.54 Å². The van der Waals surface area contributed by atoms with Gasteiger partial charge >= 0.3 is 0 Å². The van der Waals surface area contributed by atoms with Crippen LogP contribution >= 0.6 is 0 Å². The summed E-state index contributed by atoms with van der Waals surface area (Å²) in [4.78, 5) is 26.3. The third-order valence-electron chi connectivity index (χ3n) is 5.41. The molecule has 0 aliphatic carbocycles. The van der Waals surface area contributed by atoms with Gasteiger partial charge in [0.1, 0.15) is 11.6 Å². The lowest BCUT2D eigenvalue weighted by Gasteiger charge is -2.27. The highest BCUT2D eigenvalue weighted by atomic mass is 19.1. The van der Waals surface area contributed by atoms with Crippen LogP contribution in [0, 0.1) is 11.6 Å². The van der Waals surface area contributed by atoms with Crippen LogP contribution in [-0.2, 0) is 9.59 Å². The van der Waals surface area contributed by atoms with Crippen molar-refractivity contribution in [2.24, 2.45) is 0 Å². The van der Waals surface area contributed by atoms with E-state index in [0.29, 0.717) is 6.54 Å². The fraction of sp³-hybridized carbons (Fsp3) is 0.364. The summed E-state index contributed by atoms with van der Waals surface area (Å²) in [5.41, 5.74) is 0.890. The number of carbonyl (C=O) groups excluding carboxylic acids is 2. The van der Waals surface area contributed by atoms with Gasteiger partial charge in [0.15, 0.2) is 0 Å². The first-order valence-corrected chi connectivity index (χ1v) is 9.44. The van der Waals surface area contributed by atoms with E-state index >= 15 is 0 Å². The monoisotopic (exact) mass is 386 g/mol. The van der Waals surface area contributed by atoms with Crippen molar-refractivity contribution in [3.8, 4) is 0 Å². The molecular formula is C22H24F2N2O2. The minimum absolute atomic E-state index is 0.0293. The summed E-state index contributed by atoms with van der Waals surface area (Å²) < 4.78 is 28.4. The summed E-state index contributed by atoms with van der Waals surface area (Å²) in [6, 6.07) is 12.4. The van der Waals surface area contributed by atoms with E-state index in [1.165, 1.54) is 18.6 Å². The van der Waals surface area contributed by atoms with Gasteiger partial charge in [-0.25, -0.2) is 8.78 Å². The van der Waals surface area contributed by atoms with Crippen LogP contribution in [0.1, 0.15) is 49.8 Å². The Kier molecular flexibility index (Phi) is 6.07. The normalized spacial score (nSPS) is 20.1. The number of amides is 2. The molecule has 0 radical (unpaired) electrons. The quantitative estimate of drug-likeness (QED) is 0.846. The predicted molar refractivity (Wildman–Crippen MR) is 103 cm³/mol. The number of carbonyl (C=O) groups is 2. The Morgan fingerprint density at radius 3 is 2.36 bits per heavy atom. The van der Waals surface area contributed by atoms with Gasteiger partial charge in [-0.1, -0.05) is 36.4 Å². The number of benzene rings is 2. The lowest BCUT2D eigenvalue weighted by Crippen LogP contribution is -2.39. The molecule has 148 valence electrons. The van der Waals surface area contributed by atoms with E-state index < -0.39 is 23.6 Å². The predicted octanol–water partition coefficient (Wildman–Crippen LogP) is 3.94. The van der Waals surface area contributed by atoms with E-state index in [0.717, 1.165) is 18.6 Å². The molecule has 28 heavy (non-hydrogen) atoms. The Morgan fingerprint density at radius 1 is 1.11 bits per heavy atom. The first-order valence-electron chi connectivity index (χ1n) is 9.44. The summed E-state index contributed by atoms with van der Waals surface area (Å²) >= 11 is 0. The zero-order chi connectivity index (χ0) is 20.3. The first kappa shape index (κ1) is 20.0. The molecule has 1 heterocycles. The van der Waals surface area contributed by atoms with Crippen LogP contribution in [0.3, 0.4) is 0 Å². The molecule has 0 bridgehead atoms. The van der Waals surface area contributed by atoms with E-state index in [9.17, 15) is 18.4 Å². The van der Waals surface area contributed by atoms with Gasteiger partial charge in [-0.3, -0.25) is 9.59 Å². The van der Waals surface area contributed by atoms with Crippen molar-refractivity contribution in [2.45, 2.75) is 44.7 Å². The zero-order valence-corrected chi connectivity index (χ0v) is 16.0. The Balaban J connectivity index is 1.78. The van der Waals surface area contributed by atoms with E-state index in [1.807, 2.05) is 37.3 Å². The van der Waals surface area contributed by atoms with E-state index in [1.54, 1.807) is 4.90 Å². The molecule has 3 unspecified atom stereocenters. The van der Waals surface area contributed by atoms with Gasteiger partial charge in [-0.2, -0.15) is 0 Å². The Bertz CT molecular complexity index is 837. The minimum Gasteiger partial charge on any atom is -0.349 e. The van der Waals surface area contributed by atoms with Gasteiger partial charge in [0.25, 0.3) is 0 Å². The number of nitrogens with zero attached hydrogens (tertiary/aromatic N) is 1. The van der Waals surface area contributed by atoms with Crippen LogP contribution in [0.15, 0.2) is 48.5 Å². The molecule has 1 aliphatic rings. The van der Waals surface area contributed by atoms with Crippen molar-refractivity contribution >= 4 is 11.8 Å². The lowest BCUT2D eigenvalue weighted by atomic mass is 9.92. The van der Waals surface area contributed by atoms with Gasteiger partial charge in [-0.05, 0) is 31.0 Å². The second kappa shape index (κ2) is 8.50. The third kappa shape index (κ3) is 4.21. The van der Waals surface area contributed by atoms with Crippen LogP contribution in [0.5, 0.6) is 0 Å². The maximum atomic E-state index is 14.2. The number of likely N-dealkylation sites (tertiary alicyclic amines) is 1. The standard InChI is InChI=1S/C22H24F2N2O2/c1-14-17(16-7-4-3-5-8-16)11-12-26(14)21(28)13-20(25-15(2)27)22-18(23)9-6-10-19(22)24/h3-10,14,17,20H,11-13H2,1-2H3,(H,25,27). The second-order valence-corrected chi connectivity index (χ2v) is 7.23. The second-order valence-electron chi connectivity index (χ2n) is 7.23. The minimum atomic E-state index is -1.05. The molecule has 0 saturated carbocycles. The molecule has 0 spiro atoms. The molecule has 2 aromatic rings. The molecule has 1 saturated heterocycles. The number of halogens is 2. The number of rotatable bonds is 5. The summed E-state index contributed by atoms with van der Waals surface area (Å²) in [5, 5.41) is 2.52. The van der Waals surface area contributed by atoms with E-state index in [-0.39, 0.29) is 29.9 Å². The van der Waals surface area contributed by atoms with Crippen LogP contribution in [-0.4, -0.2) is 29.3 Å². The number of hydrogen-bond acceptors (Lipinski definition) is 2. The SMILES string of the molecule is CC(=O)NC(CC(=O)N1CCC(c2ccccc2)C1C)c1c(F)cccc1F. The topological polar surface area (TPSA) is 49.4 Å². The third-order valence-corrected chi connectivity index (χ3v) is 5.41. The van der Waals surface area contributed by atoms with Crippen molar-refractivity contribution in [1.29, 1.82) is 0 Å². The molecule has 3 atom stereocenters. The molecule has 1 aliphatic heterocycles. The average Bonchev–Trinajstić information content (AvgIpc) is 3.03. The van der Waals surface area contributed by atoms with Crippen LogP contribution in [0.4, 0.5) is 8.78 Å². The van der Waals surface area contributed by atoms with Gasteiger partial charge in [0.2, 0.25) is 11.8 Å². The summed E-state index contributed by atoms with van der Waals surface area (Å²) in [5.74, 6) is -2.01. The molecule has 0 aromatic heterocycles. The maximum Gasteiger partial charge on any atom is 0.225 e. The van der Waals surface area contributed by atoms with Gasteiger partial charge in [-0.15, -0.1) is 0 Å². The van der Waals surface area contributed by atoms with Gasteiger partial charge in [0, 0.05) is 31.0 Å². The van der Waals surface area contributed by atoms with E-state index in [2.05, 4.69) is 5.32 Å². The average molecular weight is 386 g/mol. The molecule has 1 N–H and O–H groups in total. The molecule has 2 aromatic carbocycles. The zero-order valence-electron chi connectivity index (χ0n) is 16.0. The van der Waals surface area contributed by atoms with Crippen LogP contribution in [0.2, 0.25) is 0 Å². The molecule has 3 rings (SSSR count). The highest BCUT2D eigenvalue weighted by Crippen LogP contribution is 2.34. The molecular weight excluding hydrogens is 362 g/mol. The van der Waals surface area contributed by atoms with Crippen molar-refractivity contribution < 1.29 is 18.4 Å². The number of hydrogen-bond donors (Lipinski definition) is 1. The Labute approximate surface area is 163 Å². The lowest BCUT2D eigenvalue weighted by molar-refractivity contribution is -0.132. The van der Waals surface area contributed by atoms with Gasteiger partial charge < -0.3 is 10.2 Å². The molecule has 6 heteroatoms. The maximum absolute atomic E-state index is 14.2. The molecule has 2 amide bonds. The van der Waals surface area contributed by atoms with Crippen molar-refractivity contribution in [3.05, 3.63) is 71.3 Å². The Morgan fingerprint density at radius 2 is 1.75 bits per heavy atom. The molecule has 4 nitrogen and oxygen atoms in total. The fourth-order valence-electron chi connectivity index (χ4n) is 4.04. The van der Waals surface area contributed by atoms with Crippen LogP contribution < -0.4 is 5.32 Å². The first-order chi connectivity index (χ1) is 13.4. The van der Waals surface area contributed by atoms with Gasteiger partial charge in [0.05, 0.1) is 12.5 Å². The number of nitrogens with one attached hydrogen (secondary N) is 1. The smallest absolute Gasteiger partial charge is 0.225 e.